The largest absolute Gasteiger partial charge is 0.453 e. The maximum Gasteiger partial charge on any atom is 0.407 e. The molecule has 3 aromatic carbocycles. The van der Waals surface area contributed by atoms with E-state index in [2.05, 4.69) is 20.7 Å². The van der Waals surface area contributed by atoms with Gasteiger partial charge in [-0.2, -0.15) is 0 Å². The number of nitrogens with one attached hydrogen (secondary N) is 2. The van der Waals surface area contributed by atoms with Gasteiger partial charge in [-0.3, -0.25) is 0 Å². The number of esters is 1. The zero-order valence-electron chi connectivity index (χ0n) is 32.6. The van der Waals surface area contributed by atoms with Crippen LogP contribution in [0.5, 0.6) is 0 Å². The fourth-order valence-electron chi connectivity index (χ4n) is 6.75. The minimum atomic E-state index is -1.95. The molecule has 18 nitrogen and oxygen atoms in total. The minimum Gasteiger partial charge on any atom is -0.453 e. The van der Waals surface area contributed by atoms with Crippen molar-refractivity contribution in [2.45, 2.75) is 91.3 Å². The quantitative estimate of drug-likeness (QED) is 0.0302. The Morgan fingerprint density at radius 1 is 0.902 bits per heavy atom. The highest BCUT2D eigenvalue weighted by atomic mass is 35.6. The Morgan fingerprint density at radius 3 is 2.28 bits per heavy atom. The maximum absolute atomic E-state index is 13.3. The van der Waals surface area contributed by atoms with Crippen molar-refractivity contribution in [1.82, 2.24) is 10.6 Å². The third-order valence-electron chi connectivity index (χ3n) is 9.65. The monoisotopic (exact) mass is 907 g/mol. The molecule has 3 saturated heterocycles. The molecule has 0 saturated carbocycles. The van der Waals surface area contributed by atoms with Gasteiger partial charge < -0.3 is 58.4 Å². The number of alkyl halides is 3. The van der Waals surface area contributed by atoms with E-state index in [1.807, 2.05) is 36.4 Å². The zero-order valence-corrected chi connectivity index (χ0v) is 34.8. The van der Waals surface area contributed by atoms with Crippen LogP contribution in [0, 0.1) is 0 Å². The van der Waals surface area contributed by atoms with E-state index < -0.39 is 96.1 Å². The van der Waals surface area contributed by atoms with Gasteiger partial charge in [0.1, 0.15) is 49.7 Å². The zero-order chi connectivity index (χ0) is 43.4. The van der Waals surface area contributed by atoms with Crippen LogP contribution in [0.3, 0.4) is 0 Å². The number of carbonyl (C=O) groups is 3. The average Bonchev–Trinajstić information content (AvgIpc) is 3.26. The number of benzene rings is 3. The summed E-state index contributed by atoms with van der Waals surface area (Å²) in [6.45, 7) is 1.08. The summed E-state index contributed by atoms with van der Waals surface area (Å²) in [6.07, 6.45) is -12.3. The molecule has 61 heavy (non-hydrogen) atoms. The van der Waals surface area contributed by atoms with Gasteiger partial charge in [0.15, 0.2) is 25.0 Å². The van der Waals surface area contributed by atoms with Gasteiger partial charge in [-0.05, 0) is 36.6 Å². The highest BCUT2D eigenvalue weighted by molar-refractivity contribution is 6.67. The molecule has 0 radical (unpaired) electrons. The Balaban J connectivity index is 1.22. The van der Waals surface area contributed by atoms with Crippen LogP contribution < -0.4 is 10.6 Å². The third-order valence-corrected chi connectivity index (χ3v) is 9.98. The van der Waals surface area contributed by atoms with E-state index in [9.17, 15) is 25.0 Å². The smallest absolute Gasteiger partial charge is 0.407 e. The molecule has 11 atom stereocenters. The number of nitrogens with zero attached hydrogens (tertiary/aromatic N) is 3. The van der Waals surface area contributed by atoms with Gasteiger partial charge in [-0.1, -0.05) is 119 Å². The molecule has 3 fully saturated rings. The molecule has 0 bridgehead atoms. The van der Waals surface area contributed by atoms with Crippen LogP contribution in [0.1, 0.15) is 41.1 Å². The van der Waals surface area contributed by atoms with Crippen LogP contribution in [0.15, 0.2) is 96.1 Å². The molecule has 3 aliphatic rings. The summed E-state index contributed by atoms with van der Waals surface area (Å²) in [7, 11) is 0. The molecule has 6 rings (SSSR count). The minimum absolute atomic E-state index is 0.0189. The molecule has 0 spiro atoms. The molecule has 3 aliphatic heterocycles. The second-order valence-corrected chi connectivity index (χ2v) is 16.5. The van der Waals surface area contributed by atoms with E-state index in [0.29, 0.717) is 5.56 Å². The molecule has 3 aromatic rings. The predicted octanol–water partition coefficient (Wildman–Crippen LogP) is 6.02. The van der Waals surface area contributed by atoms with E-state index in [-0.39, 0.29) is 38.3 Å². The van der Waals surface area contributed by atoms with Crippen LogP contribution >= 0.6 is 34.8 Å². The van der Waals surface area contributed by atoms with Crippen molar-refractivity contribution < 1.29 is 62.1 Å². The summed E-state index contributed by atoms with van der Waals surface area (Å²) in [4.78, 5) is 41.6. The van der Waals surface area contributed by atoms with Crippen LogP contribution in [0.2, 0.25) is 0 Å². The lowest BCUT2D eigenvalue weighted by molar-refractivity contribution is -0.368. The Labute approximate surface area is 365 Å². The molecular weight excluding hydrogens is 865 g/mol. The summed E-state index contributed by atoms with van der Waals surface area (Å²) in [5.41, 5.74) is 11.3. The van der Waals surface area contributed by atoms with Crippen molar-refractivity contribution in [3.05, 3.63) is 118 Å². The number of rotatable bonds is 15. The van der Waals surface area contributed by atoms with Gasteiger partial charge >= 0.3 is 18.2 Å². The number of aliphatic hydroxyl groups excluding tert-OH is 1. The molecule has 328 valence electrons. The summed E-state index contributed by atoms with van der Waals surface area (Å²) < 4.78 is 52.0. The molecule has 3 N–H and O–H groups in total. The molecule has 0 aromatic heterocycles. The molecule has 21 heteroatoms. The topological polar surface area (TPSA) is 227 Å². The number of carbonyl (C=O) groups excluding carboxylic acids is 3. The number of azide groups is 1. The number of fused-ring (bicyclic) bond motifs is 1. The molecule has 2 amide bonds. The van der Waals surface area contributed by atoms with Gasteiger partial charge in [0, 0.05) is 17.0 Å². The first-order valence-electron chi connectivity index (χ1n) is 19.2. The number of hydrogen-bond acceptors (Lipinski definition) is 14. The summed E-state index contributed by atoms with van der Waals surface area (Å²) in [5, 5.41) is 20.7. The number of halogens is 3. The van der Waals surface area contributed by atoms with Crippen molar-refractivity contribution in [2.75, 3.05) is 26.4 Å². The van der Waals surface area contributed by atoms with Crippen molar-refractivity contribution in [3.63, 3.8) is 0 Å². The number of amides is 2. The van der Waals surface area contributed by atoms with Crippen molar-refractivity contribution in [2.24, 2.45) is 5.11 Å². The standard InChI is InChI=1S/C40H44Cl3N5O13/c1-23-31(59-34(50)25-14-7-3-8-15-25)30(49)28(47-48-44)37(57-23)61-33-29(46-39(52)56-22-40(41,42)43)36(53-19-11-18-45-38(51)55-20-24-12-5-2-6-13-24)58-27-21-54-35(60-32(27)33)26-16-9-4-10-17-26/h2-10,12-17,23,27-33,35-37,49H,11,18-22H2,1H3,(H,45,51)(H,46,52)/t23-,27+,28-,29+,30-,31+,32+,33+,35?,36+,37-/m0/s1. The Hall–Kier alpha value is -4.43. The first-order valence-corrected chi connectivity index (χ1v) is 20.4. The van der Waals surface area contributed by atoms with Crippen molar-refractivity contribution >= 4 is 53.0 Å². The number of aliphatic hydroxyl groups is 1. The van der Waals surface area contributed by atoms with E-state index in [1.54, 1.807) is 61.5 Å². The molecule has 3 heterocycles. The third kappa shape index (κ3) is 13.0. The Morgan fingerprint density at radius 2 is 1.59 bits per heavy atom. The van der Waals surface area contributed by atoms with Gasteiger partial charge in [-0.15, -0.1) is 0 Å². The average molecular weight is 909 g/mol. The van der Waals surface area contributed by atoms with Gasteiger partial charge in [0.25, 0.3) is 0 Å². The van der Waals surface area contributed by atoms with Gasteiger partial charge in [-0.25, -0.2) is 14.4 Å². The van der Waals surface area contributed by atoms with E-state index >= 15 is 0 Å². The van der Waals surface area contributed by atoms with E-state index in [0.717, 1.165) is 5.56 Å². The van der Waals surface area contributed by atoms with Crippen LogP contribution in [0.4, 0.5) is 9.59 Å². The highest BCUT2D eigenvalue weighted by Gasteiger charge is 2.55. The first-order chi connectivity index (χ1) is 29.4. The SMILES string of the molecule is C[C@@H]1O[C@@H](O[C@@H]2[C@@H](NC(=O)OCC(Cl)(Cl)Cl)[C@H](OCCCNC(=O)OCc3ccccc3)O[C@@H]3COC(c4ccccc4)O[C@@H]23)[C@@H](N=[N+]=[N-])[C@H](O)[C@@H]1OC(=O)c1ccccc1. The Bertz CT molecular complexity index is 1930. The summed E-state index contributed by atoms with van der Waals surface area (Å²) in [6, 6.07) is 23.5. The van der Waals surface area contributed by atoms with Gasteiger partial charge in [0.05, 0.1) is 24.9 Å². The summed E-state index contributed by atoms with van der Waals surface area (Å²) in [5.74, 6) is -0.745. The first kappa shape index (κ1) is 46.1. The highest BCUT2D eigenvalue weighted by Crippen LogP contribution is 2.38. The van der Waals surface area contributed by atoms with Crippen LogP contribution in [-0.2, 0) is 49.2 Å². The fraction of sp³-hybridized carbons (Fsp3) is 0.475. The van der Waals surface area contributed by atoms with Crippen LogP contribution in [0.25, 0.3) is 10.4 Å². The predicted molar refractivity (Wildman–Crippen MR) is 216 cm³/mol. The molecule has 0 aliphatic carbocycles. The van der Waals surface area contributed by atoms with Crippen LogP contribution in [-0.4, -0.2) is 115 Å². The normalized spacial score (nSPS) is 28.6. The fourth-order valence-corrected chi connectivity index (χ4v) is 6.92. The lowest BCUT2D eigenvalue weighted by atomic mass is 9.94. The summed E-state index contributed by atoms with van der Waals surface area (Å²) >= 11 is 17.6. The number of alkyl carbamates (subject to hydrolysis) is 2. The maximum atomic E-state index is 13.3. The molecule has 1 unspecified atom stereocenters. The second kappa shape index (κ2) is 22.1. The Kier molecular flexibility index (Phi) is 16.7. The second-order valence-electron chi connectivity index (χ2n) is 14.0. The van der Waals surface area contributed by atoms with Crippen molar-refractivity contribution in [3.8, 4) is 0 Å². The van der Waals surface area contributed by atoms with E-state index in [1.165, 1.54) is 0 Å². The lowest BCUT2D eigenvalue weighted by Crippen LogP contribution is -2.69. The number of hydrogen-bond donors (Lipinski definition) is 3. The van der Waals surface area contributed by atoms with E-state index in [4.69, 9.17) is 77.4 Å². The number of ether oxygens (including phenoxy) is 9. The van der Waals surface area contributed by atoms with Crippen molar-refractivity contribution in [1.29, 1.82) is 0 Å². The van der Waals surface area contributed by atoms with Gasteiger partial charge in [0.2, 0.25) is 3.79 Å². The lowest BCUT2D eigenvalue weighted by Gasteiger charge is -2.51. The molecular formula is C40H44Cl3N5O13.